The van der Waals surface area contributed by atoms with E-state index in [2.05, 4.69) is 33.4 Å². The average molecular weight is 821 g/mol. The molecule has 10 nitrogen and oxygen atoms in total. The van der Waals surface area contributed by atoms with Crippen molar-refractivity contribution in [2.24, 2.45) is 0 Å². The van der Waals surface area contributed by atoms with Gasteiger partial charge in [0.15, 0.2) is 0 Å². The molecule has 0 spiro atoms. The summed E-state index contributed by atoms with van der Waals surface area (Å²) in [5.74, 6) is 1.77. The highest BCUT2D eigenvalue weighted by Gasteiger charge is 2.39. The molecule has 4 aromatic carbocycles. The lowest BCUT2D eigenvalue weighted by atomic mass is 10.00. The van der Waals surface area contributed by atoms with Gasteiger partial charge in [0, 0.05) is 88.2 Å². The summed E-state index contributed by atoms with van der Waals surface area (Å²) in [6.45, 7) is 11.8. The summed E-state index contributed by atoms with van der Waals surface area (Å²) in [6, 6.07) is 28.3. The molecule has 2 atom stereocenters. The molecule has 12 heteroatoms. The molecule has 2 N–H and O–H groups in total. The van der Waals surface area contributed by atoms with E-state index in [4.69, 9.17) is 9.47 Å². The minimum Gasteiger partial charge on any atom is -0.497 e. The van der Waals surface area contributed by atoms with E-state index in [9.17, 15) is 19.8 Å². The van der Waals surface area contributed by atoms with E-state index >= 15 is 0 Å². The van der Waals surface area contributed by atoms with Crippen LogP contribution in [-0.4, -0.2) is 94.6 Å². The number of hydrogen-bond donors (Lipinski definition) is 2. The van der Waals surface area contributed by atoms with Gasteiger partial charge < -0.3 is 38.6 Å². The number of amides is 2. The summed E-state index contributed by atoms with van der Waals surface area (Å²) >= 11 is 3.23. The fourth-order valence-electron chi connectivity index (χ4n) is 8.47. The van der Waals surface area contributed by atoms with Crippen LogP contribution < -0.4 is 9.47 Å². The number of aliphatic hydroxyl groups excluding tert-OH is 2. The van der Waals surface area contributed by atoms with Crippen LogP contribution in [0.25, 0.3) is 44.3 Å². The van der Waals surface area contributed by atoms with Crippen LogP contribution in [0.2, 0.25) is 0 Å². The highest BCUT2D eigenvalue weighted by Crippen LogP contribution is 2.55. The number of ether oxygens (including phenoxy) is 2. The number of methoxy groups -OCH3 is 2. The zero-order valence-corrected chi connectivity index (χ0v) is 35.7. The second-order valence-corrected chi connectivity index (χ2v) is 16.3. The van der Waals surface area contributed by atoms with Crippen LogP contribution >= 0.6 is 23.5 Å². The van der Waals surface area contributed by atoms with Crippen molar-refractivity contribution in [2.75, 3.05) is 53.6 Å². The molecule has 0 saturated carbocycles. The van der Waals surface area contributed by atoms with Gasteiger partial charge in [-0.3, -0.25) is 9.59 Å². The number of hydrogen-bond acceptors (Lipinski definition) is 8. The number of fused-ring (bicyclic) bond motifs is 10. The van der Waals surface area contributed by atoms with E-state index in [1.54, 1.807) is 37.7 Å². The van der Waals surface area contributed by atoms with Crippen molar-refractivity contribution in [1.82, 2.24) is 18.9 Å². The van der Waals surface area contributed by atoms with Crippen LogP contribution in [-0.2, 0) is 22.7 Å². The van der Waals surface area contributed by atoms with Crippen molar-refractivity contribution < 1.29 is 29.3 Å². The van der Waals surface area contributed by atoms with Gasteiger partial charge in [0.05, 0.1) is 49.9 Å². The first-order chi connectivity index (χ1) is 28.3. The molecule has 4 heterocycles. The second-order valence-electron chi connectivity index (χ2n) is 14.0. The van der Waals surface area contributed by atoms with Crippen LogP contribution in [0, 0.1) is 0 Å². The third kappa shape index (κ3) is 7.14. The third-order valence-corrected chi connectivity index (χ3v) is 13.7. The van der Waals surface area contributed by atoms with E-state index < -0.39 is 0 Å². The maximum Gasteiger partial charge on any atom is 0.240 e. The largest absolute Gasteiger partial charge is 0.497 e. The summed E-state index contributed by atoms with van der Waals surface area (Å²) in [5, 5.41) is 20.9. The molecule has 2 aromatic heterocycles. The Labute approximate surface area is 348 Å². The zero-order chi connectivity index (χ0) is 41.1. The van der Waals surface area contributed by atoms with E-state index in [0.717, 1.165) is 76.7 Å². The molecule has 0 bridgehead atoms. The monoisotopic (exact) mass is 820 g/mol. The van der Waals surface area contributed by atoms with Crippen molar-refractivity contribution in [3.63, 3.8) is 0 Å². The number of carbonyl (C=O) groups is 2. The zero-order valence-electron chi connectivity index (χ0n) is 34.0. The second kappa shape index (κ2) is 17.9. The minimum atomic E-state index is -0.349. The fourth-order valence-corrected chi connectivity index (χ4v) is 11.1. The molecular formula is C46H52N4O6S2. The molecule has 8 rings (SSSR count). The Balaban J connectivity index is 0.000000177. The van der Waals surface area contributed by atoms with Crippen LogP contribution in [0.15, 0.2) is 94.7 Å². The lowest BCUT2D eigenvalue weighted by Gasteiger charge is -2.30. The topological polar surface area (TPSA) is 109 Å². The molecule has 0 aliphatic carbocycles. The van der Waals surface area contributed by atoms with Gasteiger partial charge in [-0.25, -0.2) is 0 Å². The highest BCUT2D eigenvalue weighted by molar-refractivity contribution is 8.00. The van der Waals surface area contributed by atoms with Crippen LogP contribution in [0.5, 0.6) is 11.5 Å². The molecule has 0 fully saturated rings. The smallest absolute Gasteiger partial charge is 0.240 e. The number of aliphatic hydroxyl groups is 2. The number of benzene rings is 4. The van der Waals surface area contributed by atoms with Gasteiger partial charge in [-0.15, -0.1) is 23.5 Å². The normalized spacial score (nSPS) is 15.1. The lowest BCUT2D eigenvalue weighted by Crippen LogP contribution is -2.34. The molecule has 0 saturated heterocycles. The molecular weight excluding hydrogens is 769 g/mol. The molecule has 304 valence electrons. The van der Waals surface area contributed by atoms with Crippen molar-refractivity contribution >= 4 is 57.1 Å². The molecule has 6 aromatic rings. The molecule has 2 unspecified atom stereocenters. The number of rotatable bonds is 12. The first-order valence-corrected chi connectivity index (χ1v) is 21.8. The Morgan fingerprint density at radius 3 is 1.67 bits per heavy atom. The van der Waals surface area contributed by atoms with E-state index in [1.807, 2.05) is 98.2 Å². The Hall–Kier alpha value is -4.88. The van der Waals surface area contributed by atoms with Gasteiger partial charge in [-0.05, 0) is 64.1 Å². The Morgan fingerprint density at radius 1 is 0.638 bits per heavy atom. The van der Waals surface area contributed by atoms with Crippen molar-refractivity contribution in [3.05, 3.63) is 96.1 Å². The molecule has 2 aliphatic rings. The maximum absolute atomic E-state index is 13.5. The van der Waals surface area contributed by atoms with Crippen LogP contribution in [0.3, 0.4) is 0 Å². The van der Waals surface area contributed by atoms with Gasteiger partial charge in [-0.2, -0.15) is 0 Å². The van der Waals surface area contributed by atoms with Gasteiger partial charge in [0.2, 0.25) is 11.8 Å². The maximum atomic E-state index is 13.5. The average Bonchev–Trinajstić information content (AvgIpc) is 3.77. The molecule has 58 heavy (non-hydrogen) atoms. The minimum absolute atomic E-state index is 0.0252. The fraction of sp³-hybridized carbons (Fsp3) is 0.348. The van der Waals surface area contributed by atoms with Gasteiger partial charge in [0.25, 0.3) is 0 Å². The molecule has 2 aliphatic heterocycles. The van der Waals surface area contributed by atoms with E-state index in [1.165, 1.54) is 0 Å². The number of nitrogens with zero attached hydrogens (tertiary/aromatic N) is 4. The van der Waals surface area contributed by atoms with Crippen molar-refractivity contribution in [2.45, 2.75) is 61.1 Å². The van der Waals surface area contributed by atoms with Crippen molar-refractivity contribution in [1.29, 1.82) is 0 Å². The van der Waals surface area contributed by atoms with E-state index in [0.29, 0.717) is 39.3 Å². The third-order valence-electron chi connectivity index (χ3n) is 11.2. The first kappa shape index (κ1) is 41.3. The number of carbonyl (C=O) groups excluding carboxylic acids is 2. The van der Waals surface area contributed by atoms with Crippen molar-refractivity contribution in [3.8, 4) is 34.0 Å². The van der Waals surface area contributed by atoms with Crippen LogP contribution in [0.4, 0.5) is 0 Å². The predicted molar refractivity (Wildman–Crippen MR) is 235 cm³/mol. The summed E-state index contributed by atoms with van der Waals surface area (Å²) in [4.78, 5) is 33.0. The quantitative estimate of drug-likeness (QED) is 0.126. The Bertz CT molecular complexity index is 2440. The number of likely N-dealkylation sites (N-methyl/N-ethyl adjacent to an activating group) is 2. The standard InChI is InChI=1S/2C23H26N2O3S/c1-4-24(5-2)23(27)22-20-19-16(10-8-11-17(19)28-3)25(13-14-26)21(20)15-9-6-7-12-18(15)29-22;1-4-24(5-2)23(27)22-20-16-11-10-15(28-3)14-18(16)25(12-13-26)21(20)17-8-6-7-9-19(17)29-22/h6-12,22,26H,4-5,13-14H2,1-3H3;6-11,14,22,26H,4-5,12-13H2,1-3H3. The predicted octanol–water partition coefficient (Wildman–Crippen LogP) is 8.65. The number of aromatic nitrogens is 2. The molecule has 2 amide bonds. The summed E-state index contributed by atoms with van der Waals surface area (Å²) in [6.07, 6.45) is 0. The summed E-state index contributed by atoms with van der Waals surface area (Å²) in [5.41, 5.74) is 8.25. The molecule has 0 radical (unpaired) electrons. The van der Waals surface area contributed by atoms with Gasteiger partial charge >= 0.3 is 0 Å². The Kier molecular flexibility index (Phi) is 12.8. The highest BCUT2D eigenvalue weighted by atomic mass is 32.2. The van der Waals surface area contributed by atoms with Crippen LogP contribution in [0.1, 0.15) is 49.3 Å². The van der Waals surface area contributed by atoms with Gasteiger partial charge in [0.1, 0.15) is 22.0 Å². The first-order valence-electron chi connectivity index (χ1n) is 20.0. The summed E-state index contributed by atoms with van der Waals surface area (Å²) < 4.78 is 15.4. The van der Waals surface area contributed by atoms with E-state index in [-0.39, 0.29) is 35.5 Å². The summed E-state index contributed by atoms with van der Waals surface area (Å²) in [7, 11) is 3.31. The lowest BCUT2D eigenvalue weighted by molar-refractivity contribution is -0.131. The Morgan fingerprint density at radius 2 is 1.16 bits per heavy atom. The number of thioether (sulfide) groups is 2. The van der Waals surface area contributed by atoms with Gasteiger partial charge in [-0.1, -0.05) is 42.5 Å². The SMILES string of the molecule is CCN(CC)C(=O)C1Sc2ccccc2-c2c1c1c(OC)cccc1n2CCO.CCN(CC)C(=O)C1Sc2ccccc2-c2c1c1ccc(OC)cc1n2CCO.